The van der Waals surface area contributed by atoms with E-state index < -0.39 is 10.0 Å². The van der Waals surface area contributed by atoms with Crippen LogP contribution in [0.5, 0.6) is 0 Å². The summed E-state index contributed by atoms with van der Waals surface area (Å²) in [6.07, 6.45) is 2.73. The van der Waals surface area contributed by atoms with Crippen LogP contribution in [0.4, 0.5) is 5.69 Å². The van der Waals surface area contributed by atoms with Gasteiger partial charge < -0.3 is 5.32 Å². The Labute approximate surface area is 192 Å². The maximum Gasteiger partial charge on any atom is 0.230 e. The minimum absolute atomic E-state index is 0.159. The normalized spacial score (nSPS) is 12.5. The van der Waals surface area contributed by atoms with Crippen molar-refractivity contribution in [3.63, 3.8) is 0 Å². The Morgan fingerprint density at radius 3 is 2.47 bits per heavy atom. The van der Waals surface area contributed by atoms with Crippen molar-refractivity contribution in [2.45, 2.75) is 37.9 Å². The highest BCUT2D eigenvalue weighted by Gasteiger charge is 2.14. The van der Waals surface area contributed by atoms with Gasteiger partial charge in [-0.05, 0) is 48.2 Å². The molecule has 0 radical (unpaired) electrons. The minimum Gasteiger partial charge on any atom is -0.349 e. The molecule has 1 atom stereocenters. The van der Waals surface area contributed by atoms with Crippen LogP contribution in [0.1, 0.15) is 43.9 Å². The summed E-state index contributed by atoms with van der Waals surface area (Å²) in [4.78, 5) is 12.5. The van der Waals surface area contributed by atoms with Gasteiger partial charge in [0.1, 0.15) is 6.33 Å². The highest BCUT2D eigenvalue weighted by molar-refractivity contribution is 7.99. The molecule has 3 rings (SSSR count). The van der Waals surface area contributed by atoms with Crippen molar-refractivity contribution >= 4 is 33.4 Å². The van der Waals surface area contributed by atoms with E-state index in [-0.39, 0.29) is 17.7 Å². The summed E-state index contributed by atoms with van der Waals surface area (Å²) in [5.41, 5.74) is 3.44. The monoisotopic (exact) mass is 473 g/mol. The van der Waals surface area contributed by atoms with Gasteiger partial charge in [0.2, 0.25) is 15.9 Å². The van der Waals surface area contributed by atoms with E-state index in [1.165, 1.54) is 17.3 Å². The Morgan fingerprint density at radius 2 is 1.81 bits per heavy atom. The standard InChI is InChI=1S/C22H27N5O3S2/c1-15(2)17-8-10-20(11-9-17)27-14-23-25-22(27)31-13-21(28)24-16(3)18-6-5-7-19(12-18)26-32(4,29)30/h5-12,14-16,26H,13H2,1-4H3,(H,24,28). The van der Waals surface area contributed by atoms with E-state index in [0.717, 1.165) is 17.5 Å². The number of anilines is 1. The Hall–Kier alpha value is -2.85. The largest absolute Gasteiger partial charge is 0.349 e. The first-order valence-electron chi connectivity index (χ1n) is 10.1. The third-order valence-electron chi connectivity index (χ3n) is 4.75. The number of hydrogen-bond acceptors (Lipinski definition) is 6. The molecule has 1 amide bonds. The van der Waals surface area contributed by atoms with E-state index in [2.05, 4.69) is 46.2 Å². The number of nitrogens with one attached hydrogen (secondary N) is 2. The number of nitrogens with zero attached hydrogens (tertiary/aromatic N) is 3. The molecule has 0 fully saturated rings. The van der Waals surface area contributed by atoms with Crippen molar-refractivity contribution in [2.75, 3.05) is 16.7 Å². The maximum atomic E-state index is 12.5. The van der Waals surface area contributed by atoms with Gasteiger partial charge in [0.25, 0.3) is 0 Å². The van der Waals surface area contributed by atoms with Crippen molar-refractivity contribution in [1.82, 2.24) is 20.1 Å². The van der Waals surface area contributed by atoms with Crippen LogP contribution >= 0.6 is 11.8 Å². The smallest absolute Gasteiger partial charge is 0.230 e. The zero-order valence-electron chi connectivity index (χ0n) is 18.4. The quantitative estimate of drug-likeness (QED) is 0.459. The zero-order chi connectivity index (χ0) is 23.3. The number of sulfonamides is 1. The van der Waals surface area contributed by atoms with Gasteiger partial charge in [-0.25, -0.2) is 8.42 Å². The molecule has 2 aromatic carbocycles. The molecule has 10 heteroatoms. The van der Waals surface area contributed by atoms with E-state index in [1.54, 1.807) is 24.5 Å². The van der Waals surface area contributed by atoms with Crippen molar-refractivity contribution in [2.24, 2.45) is 0 Å². The Kier molecular flexibility index (Phi) is 7.57. The molecule has 0 aliphatic carbocycles. The summed E-state index contributed by atoms with van der Waals surface area (Å²) in [6, 6.07) is 14.9. The predicted molar refractivity (Wildman–Crippen MR) is 128 cm³/mol. The van der Waals surface area contributed by atoms with Crippen molar-refractivity contribution in [3.05, 3.63) is 66.0 Å². The Morgan fingerprint density at radius 1 is 1.09 bits per heavy atom. The van der Waals surface area contributed by atoms with Crippen LogP contribution < -0.4 is 10.0 Å². The molecule has 32 heavy (non-hydrogen) atoms. The first-order chi connectivity index (χ1) is 15.1. The van der Waals surface area contributed by atoms with E-state index in [4.69, 9.17) is 0 Å². The molecule has 0 spiro atoms. The topological polar surface area (TPSA) is 106 Å². The lowest BCUT2D eigenvalue weighted by molar-refractivity contribution is -0.119. The summed E-state index contributed by atoms with van der Waals surface area (Å²) < 4.78 is 27.2. The first-order valence-corrected chi connectivity index (χ1v) is 13.0. The number of rotatable bonds is 9. The number of amides is 1. The number of benzene rings is 2. The summed E-state index contributed by atoms with van der Waals surface area (Å²) in [5, 5.41) is 11.7. The second kappa shape index (κ2) is 10.2. The zero-order valence-corrected chi connectivity index (χ0v) is 20.1. The Balaban J connectivity index is 1.60. The van der Waals surface area contributed by atoms with Crippen LogP contribution in [-0.4, -0.2) is 41.1 Å². The van der Waals surface area contributed by atoms with Crippen molar-refractivity contribution < 1.29 is 13.2 Å². The molecule has 1 heterocycles. The molecule has 0 aliphatic heterocycles. The second-order valence-electron chi connectivity index (χ2n) is 7.81. The molecule has 0 saturated heterocycles. The van der Waals surface area contributed by atoms with Crippen LogP contribution in [0.2, 0.25) is 0 Å². The highest BCUT2D eigenvalue weighted by atomic mass is 32.2. The second-order valence-corrected chi connectivity index (χ2v) is 10.5. The molecular formula is C22H27N5O3S2. The molecule has 8 nitrogen and oxygen atoms in total. The first kappa shape index (κ1) is 23.8. The van der Waals surface area contributed by atoms with Gasteiger partial charge >= 0.3 is 0 Å². The number of aromatic nitrogens is 3. The number of thioether (sulfide) groups is 1. The van der Waals surface area contributed by atoms with Crippen LogP contribution in [0.3, 0.4) is 0 Å². The van der Waals surface area contributed by atoms with Gasteiger partial charge in [0.05, 0.1) is 18.1 Å². The van der Waals surface area contributed by atoms with E-state index in [9.17, 15) is 13.2 Å². The van der Waals surface area contributed by atoms with E-state index in [1.807, 2.05) is 29.7 Å². The highest BCUT2D eigenvalue weighted by Crippen LogP contribution is 2.23. The van der Waals surface area contributed by atoms with Crippen LogP contribution in [0, 0.1) is 0 Å². The third kappa shape index (κ3) is 6.57. The summed E-state index contributed by atoms with van der Waals surface area (Å²) in [7, 11) is -3.37. The summed E-state index contributed by atoms with van der Waals surface area (Å²) >= 11 is 1.30. The Bertz CT molecular complexity index is 1170. The van der Waals surface area contributed by atoms with Crippen LogP contribution in [-0.2, 0) is 14.8 Å². The lowest BCUT2D eigenvalue weighted by Crippen LogP contribution is -2.28. The van der Waals surface area contributed by atoms with Gasteiger partial charge in [-0.15, -0.1) is 10.2 Å². The molecule has 0 bridgehead atoms. The summed E-state index contributed by atoms with van der Waals surface area (Å²) in [6.45, 7) is 6.14. The lowest BCUT2D eigenvalue weighted by atomic mass is 10.0. The fourth-order valence-electron chi connectivity index (χ4n) is 3.10. The van der Waals surface area contributed by atoms with Gasteiger partial charge in [-0.1, -0.05) is 49.9 Å². The molecular weight excluding hydrogens is 446 g/mol. The number of carbonyl (C=O) groups is 1. The van der Waals surface area contributed by atoms with Crippen LogP contribution in [0.15, 0.2) is 60.0 Å². The van der Waals surface area contributed by atoms with Crippen LogP contribution in [0.25, 0.3) is 5.69 Å². The van der Waals surface area contributed by atoms with Gasteiger partial charge in [-0.2, -0.15) is 0 Å². The molecule has 170 valence electrons. The fraction of sp³-hybridized carbons (Fsp3) is 0.318. The van der Waals surface area contributed by atoms with Gasteiger partial charge in [-0.3, -0.25) is 14.1 Å². The molecule has 1 aromatic heterocycles. The van der Waals surface area contributed by atoms with E-state index >= 15 is 0 Å². The van der Waals surface area contributed by atoms with Crippen molar-refractivity contribution in [1.29, 1.82) is 0 Å². The lowest BCUT2D eigenvalue weighted by Gasteiger charge is -2.15. The molecule has 2 N–H and O–H groups in total. The summed E-state index contributed by atoms with van der Waals surface area (Å²) in [5.74, 6) is 0.468. The molecule has 3 aromatic rings. The minimum atomic E-state index is -3.37. The third-order valence-corrected chi connectivity index (χ3v) is 6.30. The molecule has 0 aliphatic rings. The average Bonchev–Trinajstić information content (AvgIpc) is 3.20. The SMILES string of the molecule is CC(C)c1ccc(-n2cnnc2SCC(=O)NC(C)c2cccc(NS(C)(=O)=O)c2)cc1. The van der Waals surface area contributed by atoms with Crippen molar-refractivity contribution in [3.8, 4) is 5.69 Å². The molecule has 1 unspecified atom stereocenters. The van der Waals surface area contributed by atoms with E-state index in [0.29, 0.717) is 16.8 Å². The number of carbonyl (C=O) groups excluding carboxylic acids is 1. The maximum absolute atomic E-state index is 12.5. The van der Waals surface area contributed by atoms with Gasteiger partial charge in [0.15, 0.2) is 5.16 Å². The van der Waals surface area contributed by atoms with Gasteiger partial charge in [0, 0.05) is 11.4 Å². The fourth-order valence-corrected chi connectivity index (χ4v) is 4.40. The molecule has 0 saturated carbocycles. The number of hydrogen-bond donors (Lipinski definition) is 2. The predicted octanol–water partition coefficient (Wildman–Crippen LogP) is 3.73. The average molecular weight is 474 g/mol.